The normalized spacial score (nSPS) is 14.4. The van der Waals surface area contributed by atoms with Gasteiger partial charge in [0, 0.05) is 17.2 Å². The fraction of sp³-hybridized carbons (Fsp3) is 0.294. The summed E-state index contributed by atoms with van der Waals surface area (Å²) in [4.78, 5) is 0.829. The van der Waals surface area contributed by atoms with Crippen molar-refractivity contribution < 1.29 is 18.3 Å². The molecule has 0 aliphatic carbocycles. The van der Waals surface area contributed by atoms with Crippen LogP contribution in [0.1, 0.15) is 5.56 Å². The summed E-state index contributed by atoms with van der Waals surface area (Å²) in [5.41, 5.74) is 0.740. The molecule has 0 amide bonds. The summed E-state index contributed by atoms with van der Waals surface area (Å²) in [7, 11) is 0. The Kier molecular flexibility index (Phi) is 6.50. The van der Waals surface area contributed by atoms with Gasteiger partial charge in [0.05, 0.1) is 6.10 Å². The van der Waals surface area contributed by atoms with Crippen molar-refractivity contribution in [2.45, 2.75) is 29.8 Å². The van der Waals surface area contributed by atoms with Crippen molar-refractivity contribution in [3.63, 3.8) is 0 Å². The smallest absolute Gasteiger partial charge is 0.390 e. The topological polar surface area (TPSA) is 32.3 Å². The molecule has 2 aromatic carbocycles. The Labute approximate surface area is 137 Å². The molecule has 124 valence electrons. The number of benzene rings is 2. The molecule has 2 aromatic rings. The van der Waals surface area contributed by atoms with E-state index in [-0.39, 0.29) is 12.3 Å². The van der Waals surface area contributed by atoms with Crippen LogP contribution in [0.25, 0.3) is 0 Å². The number of halogens is 3. The van der Waals surface area contributed by atoms with Crippen LogP contribution in [0.3, 0.4) is 0 Å². The van der Waals surface area contributed by atoms with Crippen molar-refractivity contribution in [1.82, 2.24) is 5.32 Å². The Morgan fingerprint density at radius 1 is 0.957 bits per heavy atom. The Bertz CT molecular complexity index is 577. The lowest BCUT2D eigenvalue weighted by atomic mass is 10.1. The van der Waals surface area contributed by atoms with Crippen LogP contribution in [-0.2, 0) is 6.54 Å². The third-order valence-electron chi connectivity index (χ3n) is 3.27. The van der Waals surface area contributed by atoms with E-state index in [4.69, 9.17) is 0 Å². The molecule has 0 bridgehead atoms. The van der Waals surface area contributed by atoms with E-state index in [1.807, 2.05) is 18.2 Å². The minimum Gasteiger partial charge on any atom is -0.390 e. The summed E-state index contributed by atoms with van der Waals surface area (Å²) in [6, 6.07) is 15.9. The number of aliphatic hydroxyl groups excluding tert-OH is 1. The fourth-order valence-corrected chi connectivity index (χ4v) is 2.99. The summed E-state index contributed by atoms with van der Waals surface area (Å²) in [6.45, 7) is 0.0537. The second kappa shape index (κ2) is 8.38. The standard InChI is InChI=1S/C17H18F3NOS/c18-17(19,20)16(21-11-13-7-3-1-4-8-13)15(22)12-23-14-9-5-2-6-10-14/h1-10,15-16,21-22H,11-12H2. The average molecular weight is 341 g/mol. The van der Waals surface area contributed by atoms with Crippen molar-refractivity contribution in [3.8, 4) is 0 Å². The highest BCUT2D eigenvalue weighted by Gasteiger charge is 2.43. The second-order valence-corrected chi connectivity index (χ2v) is 6.17. The zero-order valence-corrected chi connectivity index (χ0v) is 13.1. The largest absolute Gasteiger partial charge is 0.406 e. The van der Waals surface area contributed by atoms with Gasteiger partial charge in [-0.15, -0.1) is 11.8 Å². The molecule has 0 radical (unpaired) electrons. The number of rotatable bonds is 7. The van der Waals surface area contributed by atoms with Crippen LogP contribution in [0.15, 0.2) is 65.6 Å². The molecule has 23 heavy (non-hydrogen) atoms. The first-order chi connectivity index (χ1) is 11.0. The van der Waals surface area contributed by atoms with E-state index >= 15 is 0 Å². The first-order valence-corrected chi connectivity index (χ1v) is 8.15. The van der Waals surface area contributed by atoms with Crippen molar-refractivity contribution in [2.75, 3.05) is 5.75 Å². The molecule has 0 saturated carbocycles. The first kappa shape index (κ1) is 17.8. The molecule has 2 nitrogen and oxygen atoms in total. The van der Waals surface area contributed by atoms with Crippen molar-refractivity contribution >= 4 is 11.8 Å². The van der Waals surface area contributed by atoms with Gasteiger partial charge in [0.1, 0.15) is 6.04 Å². The Morgan fingerprint density at radius 3 is 2.09 bits per heavy atom. The highest BCUT2D eigenvalue weighted by molar-refractivity contribution is 7.99. The lowest BCUT2D eigenvalue weighted by molar-refractivity contribution is -0.175. The maximum atomic E-state index is 13.2. The number of aliphatic hydroxyl groups is 1. The average Bonchev–Trinajstić information content (AvgIpc) is 2.54. The van der Waals surface area contributed by atoms with Crippen molar-refractivity contribution in [3.05, 3.63) is 66.2 Å². The molecule has 0 saturated heterocycles. The third kappa shape index (κ3) is 5.89. The van der Waals surface area contributed by atoms with Gasteiger partial charge in [-0.2, -0.15) is 13.2 Å². The summed E-state index contributed by atoms with van der Waals surface area (Å²) in [5, 5.41) is 12.4. The minimum absolute atomic E-state index is 0.0318. The Balaban J connectivity index is 1.94. The van der Waals surface area contributed by atoms with Gasteiger partial charge in [-0.1, -0.05) is 48.5 Å². The predicted molar refractivity (Wildman–Crippen MR) is 86.3 cm³/mol. The van der Waals surface area contributed by atoms with Gasteiger partial charge in [0.2, 0.25) is 0 Å². The fourth-order valence-electron chi connectivity index (χ4n) is 2.09. The molecule has 0 fully saturated rings. The Hall–Kier alpha value is -1.50. The van der Waals surface area contributed by atoms with Gasteiger partial charge < -0.3 is 5.11 Å². The van der Waals surface area contributed by atoms with Crippen LogP contribution >= 0.6 is 11.8 Å². The molecule has 0 aliphatic heterocycles. The SMILES string of the molecule is OC(CSc1ccccc1)C(NCc1ccccc1)C(F)(F)F. The molecular weight excluding hydrogens is 323 g/mol. The molecule has 2 atom stereocenters. The van der Waals surface area contributed by atoms with Crippen LogP contribution < -0.4 is 5.32 Å². The molecule has 0 spiro atoms. The molecule has 2 rings (SSSR count). The maximum Gasteiger partial charge on any atom is 0.406 e. The minimum atomic E-state index is -4.51. The van der Waals surface area contributed by atoms with Gasteiger partial charge in [0.25, 0.3) is 0 Å². The summed E-state index contributed by atoms with van der Waals surface area (Å²) < 4.78 is 39.5. The van der Waals surface area contributed by atoms with Crippen LogP contribution in [-0.4, -0.2) is 29.2 Å². The third-order valence-corrected chi connectivity index (χ3v) is 4.38. The van der Waals surface area contributed by atoms with Crippen molar-refractivity contribution in [2.24, 2.45) is 0 Å². The number of thioether (sulfide) groups is 1. The quantitative estimate of drug-likeness (QED) is 0.750. The summed E-state index contributed by atoms with van der Waals surface area (Å²) >= 11 is 1.20. The highest BCUT2D eigenvalue weighted by atomic mass is 32.2. The maximum absolute atomic E-state index is 13.2. The van der Waals surface area contributed by atoms with E-state index < -0.39 is 18.3 Å². The number of alkyl halides is 3. The molecule has 6 heteroatoms. The van der Waals surface area contributed by atoms with Crippen LogP contribution in [0.2, 0.25) is 0 Å². The number of hydrogen-bond donors (Lipinski definition) is 2. The van der Waals surface area contributed by atoms with Gasteiger partial charge in [-0.05, 0) is 17.7 Å². The molecule has 0 heterocycles. The van der Waals surface area contributed by atoms with Gasteiger partial charge in [-0.3, -0.25) is 5.32 Å². The number of nitrogens with one attached hydrogen (secondary N) is 1. The molecule has 0 aromatic heterocycles. The monoisotopic (exact) mass is 341 g/mol. The van der Waals surface area contributed by atoms with E-state index in [1.165, 1.54) is 11.8 Å². The van der Waals surface area contributed by atoms with E-state index in [2.05, 4.69) is 5.32 Å². The molecular formula is C17H18F3NOS. The zero-order valence-electron chi connectivity index (χ0n) is 12.3. The second-order valence-electron chi connectivity index (χ2n) is 5.08. The van der Waals surface area contributed by atoms with Gasteiger partial charge in [-0.25, -0.2) is 0 Å². The van der Waals surface area contributed by atoms with E-state index in [0.29, 0.717) is 0 Å². The van der Waals surface area contributed by atoms with Gasteiger partial charge in [0.15, 0.2) is 0 Å². The van der Waals surface area contributed by atoms with E-state index in [0.717, 1.165) is 10.5 Å². The lowest BCUT2D eigenvalue weighted by Gasteiger charge is -2.26. The first-order valence-electron chi connectivity index (χ1n) is 7.17. The number of hydrogen-bond acceptors (Lipinski definition) is 3. The van der Waals surface area contributed by atoms with Crippen LogP contribution in [0.5, 0.6) is 0 Å². The molecule has 2 N–H and O–H groups in total. The summed E-state index contributed by atoms with van der Waals surface area (Å²) in [5.74, 6) is -0.0318. The van der Waals surface area contributed by atoms with Gasteiger partial charge >= 0.3 is 6.18 Å². The van der Waals surface area contributed by atoms with Crippen LogP contribution in [0, 0.1) is 0 Å². The molecule has 0 aliphatic rings. The highest BCUT2D eigenvalue weighted by Crippen LogP contribution is 2.26. The van der Waals surface area contributed by atoms with E-state index in [1.54, 1.807) is 42.5 Å². The van der Waals surface area contributed by atoms with Crippen LogP contribution in [0.4, 0.5) is 13.2 Å². The van der Waals surface area contributed by atoms with Crippen molar-refractivity contribution in [1.29, 1.82) is 0 Å². The Morgan fingerprint density at radius 2 is 1.52 bits per heavy atom. The predicted octanol–water partition coefficient (Wildman–Crippen LogP) is 3.86. The van der Waals surface area contributed by atoms with E-state index in [9.17, 15) is 18.3 Å². The summed E-state index contributed by atoms with van der Waals surface area (Å²) in [6.07, 6.45) is -6.03. The zero-order chi connectivity index (χ0) is 16.7. The molecule has 2 unspecified atom stereocenters. The lowest BCUT2D eigenvalue weighted by Crippen LogP contribution is -2.51.